The summed E-state index contributed by atoms with van der Waals surface area (Å²) in [5.74, 6) is 0.318. The maximum absolute atomic E-state index is 12.0. The van der Waals surface area contributed by atoms with Gasteiger partial charge in [-0.1, -0.05) is 6.42 Å². The first-order chi connectivity index (χ1) is 9.20. The van der Waals surface area contributed by atoms with Crippen molar-refractivity contribution >= 4 is 11.7 Å². The van der Waals surface area contributed by atoms with E-state index < -0.39 is 0 Å². The van der Waals surface area contributed by atoms with E-state index >= 15 is 0 Å². The van der Waals surface area contributed by atoms with Crippen LogP contribution in [0.3, 0.4) is 0 Å². The largest absolute Gasteiger partial charge is 0.492 e. The van der Waals surface area contributed by atoms with Gasteiger partial charge in [0.1, 0.15) is 11.9 Å². The summed E-state index contributed by atoms with van der Waals surface area (Å²) in [6, 6.07) is 5.04. The Morgan fingerprint density at radius 1 is 1.32 bits per heavy atom. The fourth-order valence-electron chi connectivity index (χ4n) is 2.36. The number of anilines is 1. The topological polar surface area (TPSA) is 61.5 Å². The minimum Gasteiger partial charge on any atom is -0.492 e. The average molecular weight is 263 g/mol. The molecule has 0 bridgehead atoms. The van der Waals surface area contributed by atoms with Crippen molar-refractivity contribution in [3.63, 3.8) is 0 Å². The third-order valence-corrected chi connectivity index (χ3v) is 3.37. The molecule has 1 fully saturated rings. The van der Waals surface area contributed by atoms with Crippen molar-refractivity contribution in [2.24, 2.45) is 0 Å². The molecule has 0 saturated heterocycles. The summed E-state index contributed by atoms with van der Waals surface area (Å²) < 4.78 is 10.8. The molecule has 0 radical (unpaired) electrons. The van der Waals surface area contributed by atoms with Crippen molar-refractivity contribution < 1.29 is 14.3 Å². The number of benzene rings is 1. The minimum absolute atomic E-state index is 0.0639. The van der Waals surface area contributed by atoms with Crippen LogP contribution in [-0.2, 0) is 4.74 Å². The van der Waals surface area contributed by atoms with Crippen LogP contribution in [0, 0.1) is 0 Å². The molecule has 1 aromatic carbocycles. The maximum atomic E-state index is 12.0. The minimum atomic E-state index is -0.290. The van der Waals surface area contributed by atoms with Gasteiger partial charge in [-0.3, -0.25) is 0 Å². The van der Waals surface area contributed by atoms with Gasteiger partial charge in [-0.2, -0.15) is 0 Å². The summed E-state index contributed by atoms with van der Waals surface area (Å²) in [6.07, 6.45) is 5.53. The summed E-state index contributed by atoms with van der Waals surface area (Å²) in [6.45, 7) is 2.45. The molecular formula is C15H21NO3. The quantitative estimate of drug-likeness (QED) is 0.669. The van der Waals surface area contributed by atoms with Crippen molar-refractivity contribution in [3.8, 4) is 5.75 Å². The van der Waals surface area contributed by atoms with E-state index in [2.05, 4.69) is 0 Å². The summed E-state index contributed by atoms with van der Waals surface area (Å²) >= 11 is 0. The number of carbonyl (C=O) groups is 1. The van der Waals surface area contributed by atoms with Gasteiger partial charge in [0.15, 0.2) is 0 Å². The van der Waals surface area contributed by atoms with Crippen LogP contribution in [0.5, 0.6) is 5.75 Å². The number of esters is 1. The first-order valence-electron chi connectivity index (χ1n) is 6.94. The second-order valence-electron chi connectivity index (χ2n) is 4.85. The third-order valence-electron chi connectivity index (χ3n) is 3.37. The number of ether oxygens (including phenoxy) is 2. The summed E-state index contributed by atoms with van der Waals surface area (Å²) in [7, 11) is 0. The molecule has 0 aliphatic heterocycles. The van der Waals surface area contributed by atoms with Crippen LogP contribution in [0.2, 0.25) is 0 Å². The van der Waals surface area contributed by atoms with E-state index in [0.717, 1.165) is 25.7 Å². The van der Waals surface area contributed by atoms with Crippen LogP contribution in [0.4, 0.5) is 5.69 Å². The molecule has 2 rings (SSSR count). The Hall–Kier alpha value is -1.71. The van der Waals surface area contributed by atoms with Crippen molar-refractivity contribution in [1.29, 1.82) is 0 Å². The van der Waals surface area contributed by atoms with Gasteiger partial charge in [-0.05, 0) is 50.8 Å². The Morgan fingerprint density at radius 3 is 2.68 bits per heavy atom. The summed E-state index contributed by atoms with van der Waals surface area (Å²) in [4.78, 5) is 12.0. The van der Waals surface area contributed by atoms with Gasteiger partial charge in [0.05, 0.1) is 17.9 Å². The van der Waals surface area contributed by atoms with Crippen LogP contribution in [-0.4, -0.2) is 18.7 Å². The van der Waals surface area contributed by atoms with E-state index in [1.54, 1.807) is 18.2 Å². The third kappa shape index (κ3) is 3.63. The van der Waals surface area contributed by atoms with E-state index in [9.17, 15) is 4.79 Å². The lowest BCUT2D eigenvalue weighted by Crippen LogP contribution is -2.21. The number of nitrogen functional groups attached to an aromatic ring is 1. The van der Waals surface area contributed by atoms with Gasteiger partial charge >= 0.3 is 5.97 Å². The molecule has 4 nitrogen and oxygen atoms in total. The van der Waals surface area contributed by atoms with Crippen LogP contribution in [0.25, 0.3) is 0 Å². The zero-order valence-electron chi connectivity index (χ0n) is 11.4. The molecule has 4 heteroatoms. The Bertz CT molecular complexity index is 439. The molecule has 1 aliphatic rings. The molecule has 0 heterocycles. The molecule has 19 heavy (non-hydrogen) atoms. The second kappa shape index (κ2) is 6.45. The Kier molecular flexibility index (Phi) is 4.66. The zero-order valence-corrected chi connectivity index (χ0v) is 11.4. The van der Waals surface area contributed by atoms with Crippen molar-refractivity contribution in [2.45, 2.75) is 45.1 Å². The highest BCUT2D eigenvalue weighted by atomic mass is 16.5. The van der Waals surface area contributed by atoms with Crippen LogP contribution >= 0.6 is 0 Å². The number of carbonyl (C=O) groups excluding carboxylic acids is 1. The molecule has 0 unspecified atom stereocenters. The summed E-state index contributed by atoms with van der Waals surface area (Å²) in [5.41, 5.74) is 6.81. The highest BCUT2D eigenvalue weighted by Crippen LogP contribution is 2.25. The van der Waals surface area contributed by atoms with E-state index in [4.69, 9.17) is 15.2 Å². The molecule has 1 saturated carbocycles. The second-order valence-corrected chi connectivity index (χ2v) is 4.85. The van der Waals surface area contributed by atoms with E-state index in [0.29, 0.717) is 23.6 Å². The molecule has 0 atom stereocenters. The number of hydrogen-bond donors (Lipinski definition) is 1. The predicted octanol–water partition coefficient (Wildman–Crippen LogP) is 3.16. The van der Waals surface area contributed by atoms with Gasteiger partial charge in [-0.15, -0.1) is 0 Å². The monoisotopic (exact) mass is 263 g/mol. The van der Waals surface area contributed by atoms with Crippen molar-refractivity contribution in [1.82, 2.24) is 0 Å². The number of nitrogens with two attached hydrogens (primary N) is 1. The lowest BCUT2D eigenvalue weighted by molar-refractivity contribution is 0.0211. The molecule has 0 amide bonds. The highest BCUT2D eigenvalue weighted by Gasteiger charge is 2.19. The van der Waals surface area contributed by atoms with Gasteiger partial charge in [0.25, 0.3) is 0 Å². The SMILES string of the molecule is CCOc1ccc(C(=O)OC2CCCCC2)cc1N. The van der Waals surface area contributed by atoms with Crippen LogP contribution in [0.15, 0.2) is 18.2 Å². The normalized spacial score (nSPS) is 16.1. The highest BCUT2D eigenvalue weighted by molar-refractivity contribution is 5.91. The Labute approximate surface area is 113 Å². The fourth-order valence-corrected chi connectivity index (χ4v) is 2.36. The van der Waals surface area contributed by atoms with E-state index in [1.807, 2.05) is 6.92 Å². The summed E-state index contributed by atoms with van der Waals surface area (Å²) in [5, 5.41) is 0. The molecule has 104 valence electrons. The Morgan fingerprint density at radius 2 is 2.05 bits per heavy atom. The van der Waals surface area contributed by atoms with Crippen LogP contribution < -0.4 is 10.5 Å². The molecular weight excluding hydrogens is 242 g/mol. The lowest BCUT2D eigenvalue weighted by Gasteiger charge is -2.21. The molecule has 1 aromatic rings. The molecule has 0 aromatic heterocycles. The Balaban J connectivity index is 2.00. The van der Waals surface area contributed by atoms with Gasteiger partial charge in [-0.25, -0.2) is 4.79 Å². The van der Waals surface area contributed by atoms with Crippen molar-refractivity contribution in [2.75, 3.05) is 12.3 Å². The van der Waals surface area contributed by atoms with Crippen LogP contribution in [0.1, 0.15) is 49.4 Å². The molecule has 1 aliphatic carbocycles. The average Bonchev–Trinajstić information content (AvgIpc) is 2.42. The number of rotatable bonds is 4. The first kappa shape index (κ1) is 13.7. The standard InChI is InChI=1S/C15H21NO3/c1-2-18-14-9-8-11(10-13(14)16)15(17)19-12-6-4-3-5-7-12/h8-10,12H,2-7,16H2,1H3. The van der Waals surface area contributed by atoms with E-state index in [-0.39, 0.29) is 12.1 Å². The van der Waals surface area contributed by atoms with Gasteiger partial charge in [0, 0.05) is 0 Å². The number of hydrogen-bond acceptors (Lipinski definition) is 4. The smallest absolute Gasteiger partial charge is 0.338 e. The van der Waals surface area contributed by atoms with E-state index in [1.165, 1.54) is 6.42 Å². The zero-order chi connectivity index (χ0) is 13.7. The maximum Gasteiger partial charge on any atom is 0.338 e. The molecule has 0 spiro atoms. The van der Waals surface area contributed by atoms with Gasteiger partial charge in [0.2, 0.25) is 0 Å². The lowest BCUT2D eigenvalue weighted by atomic mass is 9.98. The fraction of sp³-hybridized carbons (Fsp3) is 0.533. The molecule has 2 N–H and O–H groups in total. The predicted molar refractivity (Wildman–Crippen MR) is 74.3 cm³/mol. The first-order valence-corrected chi connectivity index (χ1v) is 6.94. The van der Waals surface area contributed by atoms with Gasteiger partial charge < -0.3 is 15.2 Å². The van der Waals surface area contributed by atoms with Crippen molar-refractivity contribution in [3.05, 3.63) is 23.8 Å².